The molecule has 0 unspecified atom stereocenters. The van der Waals surface area contributed by atoms with Crippen LogP contribution >= 0.6 is 0 Å². The number of H-pyrrole nitrogens is 1. The summed E-state index contributed by atoms with van der Waals surface area (Å²) in [6.07, 6.45) is 1.43. The van der Waals surface area contributed by atoms with Crippen molar-refractivity contribution < 1.29 is 4.92 Å². The zero-order chi connectivity index (χ0) is 14.0. The molecule has 0 aliphatic heterocycles. The molecule has 1 heterocycles. The molecule has 1 aromatic carbocycles. The maximum atomic E-state index is 10.8. The van der Waals surface area contributed by atoms with Crippen LogP contribution in [-0.4, -0.2) is 9.91 Å². The molecule has 0 bridgehead atoms. The van der Waals surface area contributed by atoms with Crippen molar-refractivity contribution in [3.8, 4) is 12.1 Å². The number of allylic oxidation sites excluding steroid dienone is 1. The summed E-state index contributed by atoms with van der Waals surface area (Å²) in [6.45, 7) is 1.78. The monoisotopic (exact) mass is 252 g/mol. The van der Waals surface area contributed by atoms with E-state index in [1.54, 1.807) is 25.1 Å². The van der Waals surface area contributed by atoms with Gasteiger partial charge in [0.15, 0.2) is 0 Å². The number of nitrogens with one attached hydrogen (secondary N) is 1. The summed E-state index contributed by atoms with van der Waals surface area (Å²) in [6, 6.07) is 7.98. The first-order valence-electron chi connectivity index (χ1n) is 5.35. The van der Waals surface area contributed by atoms with Gasteiger partial charge in [-0.3, -0.25) is 10.1 Å². The van der Waals surface area contributed by atoms with E-state index in [0.29, 0.717) is 10.9 Å². The predicted octanol–water partition coefficient (Wildman–Crippen LogP) is 2.82. The number of benzene rings is 1. The Morgan fingerprint density at radius 2 is 2.11 bits per heavy atom. The van der Waals surface area contributed by atoms with Crippen LogP contribution < -0.4 is 0 Å². The van der Waals surface area contributed by atoms with Gasteiger partial charge in [0.05, 0.1) is 4.92 Å². The number of nitrogens with zero attached hydrogens (tertiary/aromatic N) is 3. The Balaban J connectivity index is 2.74. The van der Waals surface area contributed by atoms with Gasteiger partial charge in [-0.1, -0.05) is 0 Å². The number of aromatic amines is 1. The third kappa shape index (κ3) is 2.15. The van der Waals surface area contributed by atoms with E-state index in [1.165, 1.54) is 18.2 Å². The van der Waals surface area contributed by atoms with Crippen LogP contribution in [0, 0.1) is 39.7 Å². The summed E-state index contributed by atoms with van der Waals surface area (Å²) >= 11 is 0. The van der Waals surface area contributed by atoms with Crippen molar-refractivity contribution in [3.05, 3.63) is 45.1 Å². The third-order valence-electron chi connectivity index (χ3n) is 2.76. The van der Waals surface area contributed by atoms with Gasteiger partial charge < -0.3 is 4.98 Å². The standard InChI is InChI=1S/C13H8N4O2/c1-8-11(4-9(6-14)7-15)12-5-10(17(18)19)2-3-13(12)16-8/h2-5,16H,1H3. The Labute approximate surface area is 108 Å². The van der Waals surface area contributed by atoms with Crippen LogP contribution in [0.2, 0.25) is 0 Å². The normalized spacial score (nSPS) is 9.63. The highest BCUT2D eigenvalue weighted by molar-refractivity contribution is 5.93. The van der Waals surface area contributed by atoms with E-state index in [1.807, 2.05) is 0 Å². The molecule has 0 saturated carbocycles. The average Bonchev–Trinajstić information content (AvgIpc) is 2.70. The number of hydrogen-bond donors (Lipinski definition) is 1. The zero-order valence-electron chi connectivity index (χ0n) is 9.97. The summed E-state index contributed by atoms with van der Waals surface area (Å²) < 4.78 is 0. The molecule has 0 aliphatic carbocycles. The number of non-ortho nitro benzene ring substituents is 1. The van der Waals surface area contributed by atoms with Gasteiger partial charge in [0.25, 0.3) is 5.69 Å². The van der Waals surface area contributed by atoms with Crippen molar-refractivity contribution in [1.29, 1.82) is 10.5 Å². The van der Waals surface area contributed by atoms with Gasteiger partial charge in [0.2, 0.25) is 0 Å². The van der Waals surface area contributed by atoms with E-state index >= 15 is 0 Å². The van der Waals surface area contributed by atoms with Crippen LogP contribution in [0.4, 0.5) is 5.69 Å². The topological polar surface area (TPSA) is 107 Å². The minimum absolute atomic E-state index is 0.0309. The number of aryl methyl sites for hydroxylation is 1. The maximum Gasteiger partial charge on any atom is 0.270 e. The van der Waals surface area contributed by atoms with Gasteiger partial charge in [0.1, 0.15) is 17.7 Å². The molecular formula is C13H8N4O2. The second-order valence-corrected chi connectivity index (χ2v) is 3.93. The lowest BCUT2D eigenvalue weighted by Crippen LogP contribution is -1.86. The van der Waals surface area contributed by atoms with Crippen molar-refractivity contribution in [2.24, 2.45) is 0 Å². The van der Waals surface area contributed by atoms with Gasteiger partial charge >= 0.3 is 0 Å². The van der Waals surface area contributed by atoms with Crippen molar-refractivity contribution >= 4 is 22.7 Å². The second-order valence-electron chi connectivity index (χ2n) is 3.93. The largest absolute Gasteiger partial charge is 0.358 e. The van der Waals surface area contributed by atoms with Gasteiger partial charge in [-0.2, -0.15) is 10.5 Å². The molecule has 19 heavy (non-hydrogen) atoms. The van der Waals surface area contributed by atoms with Crippen LogP contribution in [0.15, 0.2) is 23.8 Å². The third-order valence-corrected chi connectivity index (χ3v) is 2.76. The molecule has 0 aliphatic rings. The van der Waals surface area contributed by atoms with Crippen LogP contribution in [-0.2, 0) is 0 Å². The summed E-state index contributed by atoms with van der Waals surface area (Å²) in [5.74, 6) is 0. The highest BCUT2D eigenvalue weighted by Crippen LogP contribution is 2.27. The number of nitro groups is 1. The van der Waals surface area contributed by atoms with Gasteiger partial charge in [-0.05, 0) is 19.1 Å². The van der Waals surface area contributed by atoms with Gasteiger partial charge in [-0.15, -0.1) is 0 Å². The number of nitro benzene ring substituents is 1. The molecule has 0 atom stereocenters. The number of hydrogen-bond acceptors (Lipinski definition) is 4. The van der Waals surface area contributed by atoms with Crippen LogP contribution in [0.1, 0.15) is 11.3 Å². The van der Waals surface area contributed by atoms with E-state index in [2.05, 4.69) is 4.98 Å². The number of rotatable bonds is 2. The molecule has 2 rings (SSSR count). The molecule has 0 fully saturated rings. The smallest absolute Gasteiger partial charge is 0.270 e. The lowest BCUT2D eigenvalue weighted by atomic mass is 10.1. The lowest BCUT2D eigenvalue weighted by Gasteiger charge is -1.94. The second kappa shape index (κ2) is 4.63. The predicted molar refractivity (Wildman–Crippen MR) is 68.9 cm³/mol. The Kier molecular flexibility index (Phi) is 3.01. The van der Waals surface area contributed by atoms with E-state index in [-0.39, 0.29) is 11.3 Å². The molecule has 2 aromatic rings. The number of aromatic nitrogens is 1. The highest BCUT2D eigenvalue weighted by Gasteiger charge is 2.12. The van der Waals surface area contributed by atoms with Gasteiger partial charge in [-0.25, -0.2) is 0 Å². The van der Waals surface area contributed by atoms with Gasteiger partial charge in [0, 0.05) is 34.3 Å². The van der Waals surface area contributed by atoms with Crippen molar-refractivity contribution in [2.45, 2.75) is 6.92 Å². The fraction of sp³-hybridized carbons (Fsp3) is 0.0769. The quantitative estimate of drug-likeness (QED) is 0.503. The summed E-state index contributed by atoms with van der Waals surface area (Å²) in [7, 11) is 0. The molecule has 1 aromatic heterocycles. The lowest BCUT2D eigenvalue weighted by molar-refractivity contribution is -0.384. The molecule has 0 amide bonds. The van der Waals surface area contributed by atoms with Crippen molar-refractivity contribution in [1.82, 2.24) is 4.98 Å². The fourth-order valence-electron chi connectivity index (χ4n) is 1.87. The molecule has 0 radical (unpaired) electrons. The Hall–Kier alpha value is -3.12. The number of fused-ring (bicyclic) bond motifs is 1. The zero-order valence-corrected chi connectivity index (χ0v) is 9.97. The Morgan fingerprint density at radius 3 is 2.68 bits per heavy atom. The highest BCUT2D eigenvalue weighted by atomic mass is 16.6. The van der Waals surface area contributed by atoms with Crippen molar-refractivity contribution in [3.63, 3.8) is 0 Å². The summed E-state index contributed by atoms with van der Waals surface area (Å²) in [4.78, 5) is 13.4. The Bertz CT molecular complexity index is 771. The fourth-order valence-corrected chi connectivity index (χ4v) is 1.87. The Morgan fingerprint density at radius 1 is 1.42 bits per heavy atom. The first kappa shape index (κ1) is 12.3. The SMILES string of the molecule is Cc1[nH]c2ccc([N+](=O)[O-])cc2c1C=C(C#N)C#N. The van der Waals surface area contributed by atoms with E-state index in [9.17, 15) is 10.1 Å². The van der Waals surface area contributed by atoms with Crippen molar-refractivity contribution in [2.75, 3.05) is 0 Å². The molecule has 6 nitrogen and oxygen atoms in total. The molecule has 0 saturated heterocycles. The minimum atomic E-state index is -0.481. The number of nitriles is 2. The molecule has 0 spiro atoms. The van der Waals surface area contributed by atoms with Crippen LogP contribution in [0.5, 0.6) is 0 Å². The molecular weight excluding hydrogens is 244 g/mol. The first-order valence-corrected chi connectivity index (χ1v) is 5.35. The molecule has 92 valence electrons. The first-order chi connectivity index (χ1) is 9.06. The summed E-state index contributed by atoms with van der Waals surface area (Å²) in [5, 5.41) is 28.9. The minimum Gasteiger partial charge on any atom is -0.358 e. The van der Waals surface area contributed by atoms with E-state index in [0.717, 1.165) is 11.2 Å². The average molecular weight is 252 g/mol. The summed E-state index contributed by atoms with van der Waals surface area (Å²) in [5.41, 5.74) is 2.02. The van der Waals surface area contributed by atoms with Crippen LogP contribution in [0.25, 0.3) is 17.0 Å². The molecule has 6 heteroatoms. The van der Waals surface area contributed by atoms with Crippen LogP contribution in [0.3, 0.4) is 0 Å². The maximum absolute atomic E-state index is 10.8. The van der Waals surface area contributed by atoms with E-state index in [4.69, 9.17) is 10.5 Å². The molecule has 1 N–H and O–H groups in total. The van der Waals surface area contributed by atoms with E-state index < -0.39 is 4.92 Å².